The van der Waals surface area contributed by atoms with Crippen LogP contribution in [-0.2, 0) is 9.59 Å². The van der Waals surface area contributed by atoms with Crippen molar-refractivity contribution in [2.45, 2.75) is 32.7 Å². The second-order valence-corrected chi connectivity index (χ2v) is 6.24. The third kappa shape index (κ3) is 5.47. The van der Waals surface area contributed by atoms with Crippen molar-refractivity contribution in [1.29, 1.82) is 0 Å². The van der Waals surface area contributed by atoms with Crippen LogP contribution in [0.4, 0.5) is 0 Å². The molecule has 1 fully saturated rings. The Morgan fingerprint density at radius 2 is 1.91 bits per heavy atom. The molecule has 0 bridgehead atoms. The lowest BCUT2D eigenvalue weighted by atomic mass is 9.80. The van der Waals surface area contributed by atoms with Gasteiger partial charge in [-0.3, -0.25) is 9.59 Å². The van der Waals surface area contributed by atoms with Gasteiger partial charge in [0.2, 0.25) is 0 Å². The van der Waals surface area contributed by atoms with Crippen molar-refractivity contribution in [3.8, 4) is 11.5 Å². The van der Waals surface area contributed by atoms with Crippen LogP contribution in [0.2, 0.25) is 0 Å². The fourth-order valence-electron chi connectivity index (χ4n) is 2.27. The minimum absolute atomic E-state index is 0.0621. The van der Waals surface area contributed by atoms with Gasteiger partial charge in [0.05, 0.1) is 12.5 Å². The summed E-state index contributed by atoms with van der Waals surface area (Å²) in [5.41, 5.74) is 0. The number of hydrogen-bond donors (Lipinski definition) is 2. The number of carboxylic acids is 1. The summed E-state index contributed by atoms with van der Waals surface area (Å²) in [6.45, 7) is 4.67. The Labute approximate surface area is 135 Å². The molecule has 6 heteroatoms. The van der Waals surface area contributed by atoms with Crippen LogP contribution < -0.4 is 14.8 Å². The van der Waals surface area contributed by atoms with Crippen LogP contribution in [0, 0.1) is 11.8 Å². The highest BCUT2D eigenvalue weighted by Gasteiger charge is 2.35. The van der Waals surface area contributed by atoms with E-state index in [0.717, 1.165) is 0 Å². The van der Waals surface area contributed by atoms with Crippen molar-refractivity contribution < 1.29 is 24.2 Å². The summed E-state index contributed by atoms with van der Waals surface area (Å²) >= 11 is 0. The maximum Gasteiger partial charge on any atom is 0.306 e. The van der Waals surface area contributed by atoms with E-state index in [0.29, 0.717) is 36.9 Å². The molecule has 23 heavy (non-hydrogen) atoms. The molecule has 1 aliphatic carbocycles. The van der Waals surface area contributed by atoms with Gasteiger partial charge in [-0.15, -0.1) is 0 Å². The molecule has 1 saturated carbocycles. The van der Waals surface area contributed by atoms with Crippen LogP contribution in [0.1, 0.15) is 26.7 Å². The van der Waals surface area contributed by atoms with E-state index in [1.165, 1.54) is 0 Å². The molecule has 1 aromatic carbocycles. The summed E-state index contributed by atoms with van der Waals surface area (Å²) in [7, 11) is 0. The van der Waals surface area contributed by atoms with Crippen LogP contribution in [0.5, 0.6) is 11.5 Å². The molecule has 0 spiro atoms. The SMILES string of the molecule is CC(C)COc1cccc(OCC(=O)NC2CC(C(=O)O)C2)c1. The molecule has 0 atom stereocenters. The van der Waals surface area contributed by atoms with E-state index in [4.69, 9.17) is 14.6 Å². The Kier molecular flexibility index (Phi) is 5.84. The van der Waals surface area contributed by atoms with Gasteiger partial charge in [-0.2, -0.15) is 0 Å². The minimum atomic E-state index is -0.801. The Bertz CT molecular complexity index is 552. The Hall–Kier alpha value is -2.24. The summed E-state index contributed by atoms with van der Waals surface area (Å²) in [5, 5.41) is 11.6. The fraction of sp³-hybridized carbons (Fsp3) is 0.529. The van der Waals surface area contributed by atoms with Gasteiger partial charge in [0.1, 0.15) is 11.5 Å². The largest absolute Gasteiger partial charge is 0.493 e. The Balaban J connectivity index is 1.72. The van der Waals surface area contributed by atoms with E-state index in [2.05, 4.69) is 19.2 Å². The molecule has 2 N–H and O–H groups in total. The van der Waals surface area contributed by atoms with Crippen LogP contribution in [0.3, 0.4) is 0 Å². The van der Waals surface area contributed by atoms with E-state index in [1.54, 1.807) is 12.1 Å². The van der Waals surface area contributed by atoms with Crippen molar-refractivity contribution in [3.63, 3.8) is 0 Å². The zero-order valence-corrected chi connectivity index (χ0v) is 13.5. The average molecular weight is 321 g/mol. The van der Waals surface area contributed by atoms with Gasteiger partial charge in [0.15, 0.2) is 6.61 Å². The molecule has 6 nitrogen and oxygen atoms in total. The first-order chi connectivity index (χ1) is 10.9. The molecule has 0 unspecified atom stereocenters. The van der Waals surface area contributed by atoms with E-state index in [-0.39, 0.29) is 24.5 Å². The summed E-state index contributed by atoms with van der Waals surface area (Å²) in [6.07, 6.45) is 0.971. The van der Waals surface area contributed by atoms with Gasteiger partial charge < -0.3 is 19.9 Å². The Morgan fingerprint density at radius 1 is 1.26 bits per heavy atom. The molecule has 0 aromatic heterocycles. The molecular formula is C17H23NO5. The van der Waals surface area contributed by atoms with Crippen molar-refractivity contribution in [3.05, 3.63) is 24.3 Å². The standard InChI is InChI=1S/C17H23NO5/c1-11(2)9-22-14-4-3-5-15(8-14)23-10-16(19)18-13-6-12(7-13)17(20)21/h3-5,8,11-13H,6-7,9-10H2,1-2H3,(H,18,19)(H,20,21). The normalized spacial score (nSPS) is 19.8. The number of amides is 1. The molecule has 1 aliphatic rings. The number of carbonyl (C=O) groups excluding carboxylic acids is 1. The van der Waals surface area contributed by atoms with Gasteiger partial charge in [-0.1, -0.05) is 19.9 Å². The van der Waals surface area contributed by atoms with E-state index in [9.17, 15) is 9.59 Å². The first-order valence-corrected chi connectivity index (χ1v) is 7.82. The second-order valence-electron chi connectivity index (χ2n) is 6.24. The number of benzene rings is 1. The summed E-state index contributed by atoms with van der Waals surface area (Å²) < 4.78 is 11.1. The molecule has 0 saturated heterocycles. The number of carbonyl (C=O) groups is 2. The number of hydrogen-bond acceptors (Lipinski definition) is 4. The minimum Gasteiger partial charge on any atom is -0.493 e. The number of rotatable bonds is 8. The molecular weight excluding hydrogens is 298 g/mol. The van der Waals surface area contributed by atoms with Crippen molar-refractivity contribution >= 4 is 11.9 Å². The predicted octanol–water partition coefficient (Wildman–Crippen LogP) is 2.08. The van der Waals surface area contributed by atoms with Gasteiger partial charge in [-0.25, -0.2) is 0 Å². The monoisotopic (exact) mass is 321 g/mol. The highest BCUT2D eigenvalue weighted by molar-refractivity contribution is 5.78. The molecule has 0 radical (unpaired) electrons. The molecule has 0 heterocycles. The Morgan fingerprint density at radius 3 is 2.52 bits per heavy atom. The van der Waals surface area contributed by atoms with Gasteiger partial charge >= 0.3 is 5.97 Å². The van der Waals surface area contributed by atoms with E-state index >= 15 is 0 Å². The number of nitrogens with one attached hydrogen (secondary N) is 1. The second kappa shape index (κ2) is 7.85. The molecule has 0 aliphatic heterocycles. The van der Waals surface area contributed by atoms with Gasteiger partial charge in [0.25, 0.3) is 5.91 Å². The summed E-state index contributed by atoms with van der Waals surface area (Å²) in [5.74, 6) is 0.328. The van der Waals surface area contributed by atoms with Crippen LogP contribution >= 0.6 is 0 Å². The maximum absolute atomic E-state index is 11.8. The third-order valence-electron chi connectivity index (χ3n) is 3.61. The summed E-state index contributed by atoms with van der Waals surface area (Å²) in [4.78, 5) is 22.5. The van der Waals surface area contributed by atoms with Crippen LogP contribution in [0.15, 0.2) is 24.3 Å². The maximum atomic E-state index is 11.8. The van der Waals surface area contributed by atoms with Crippen molar-refractivity contribution in [1.82, 2.24) is 5.32 Å². The zero-order chi connectivity index (χ0) is 16.8. The van der Waals surface area contributed by atoms with Gasteiger partial charge in [0, 0.05) is 12.1 Å². The van der Waals surface area contributed by atoms with E-state index in [1.807, 2.05) is 12.1 Å². The van der Waals surface area contributed by atoms with Crippen molar-refractivity contribution in [2.24, 2.45) is 11.8 Å². The number of aliphatic carboxylic acids is 1. The number of ether oxygens (including phenoxy) is 2. The quantitative estimate of drug-likeness (QED) is 0.766. The van der Waals surface area contributed by atoms with Gasteiger partial charge in [-0.05, 0) is 30.9 Å². The third-order valence-corrected chi connectivity index (χ3v) is 3.61. The predicted molar refractivity (Wildman–Crippen MR) is 84.6 cm³/mol. The molecule has 126 valence electrons. The highest BCUT2D eigenvalue weighted by atomic mass is 16.5. The average Bonchev–Trinajstić information content (AvgIpc) is 2.46. The zero-order valence-electron chi connectivity index (χ0n) is 13.5. The lowest BCUT2D eigenvalue weighted by molar-refractivity contribution is -0.146. The lowest BCUT2D eigenvalue weighted by Gasteiger charge is -2.32. The highest BCUT2D eigenvalue weighted by Crippen LogP contribution is 2.27. The lowest BCUT2D eigenvalue weighted by Crippen LogP contribution is -2.48. The fourth-order valence-corrected chi connectivity index (χ4v) is 2.27. The number of carboxylic acid groups (broad SMARTS) is 1. The van der Waals surface area contributed by atoms with E-state index < -0.39 is 5.97 Å². The van der Waals surface area contributed by atoms with Crippen LogP contribution in [0.25, 0.3) is 0 Å². The van der Waals surface area contributed by atoms with Crippen molar-refractivity contribution in [2.75, 3.05) is 13.2 Å². The molecule has 1 aromatic rings. The summed E-state index contributed by atoms with van der Waals surface area (Å²) in [6, 6.07) is 7.11. The topological polar surface area (TPSA) is 84.9 Å². The molecule has 2 rings (SSSR count). The first-order valence-electron chi connectivity index (χ1n) is 7.82. The molecule has 1 amide bonds. The smallest absolute Gasteiger partial charge is 0.306 e. The van der Waals surface area contributed by atoms with Crippen LogP contribution in [-0.4, -0.2) is 36.2 Å². The first kappa shape index (κ1) is 17.1.